The van der Waals surface area contributed by atoms with Crippen LogP contribution < -0.4 is 5.32 Å². The zero-order chi connectivity index (χ0) is 14.0. The molecule has 0 spiro atoms. The molecule has 2 rings (SSSR count). The van der Waals surface area contributed by atoms with Crippen LogP contribution in [-0.4, -0.2) is 16.3 Å². The van der Waals surface area contributed by atoms with Crippen LogP contribution in [0.2, 0.25) is 0 Å². The zero-order valence-electron chi connectivity index (χ0n) is 11.9. The molecule has 0 aliphatic rings. The maximum absolute atomic E-state index is 14.1. The molecule has 0 fully saturated rings. The number of aromatic nitrogens is 2. The van der Waals surface area contributed by atoms with Crippen LogP contribution >= 0.6 is 0 Å². The third-order valence-corrected chi connectivity index (χ3v) is 3.39. The van der Waals surface area contributed by atoms with E-state index in [0.717, 1.165) is 35.6 Å². The lowest BCUT2D eigenvalue weighted by Gasteiger charge is -2.08. The van der Waals surface area contributed by atoms with Gasteiger partial charge in [0.1, 0.15) is 5.82 Å². The second-order valence-corrected chi connectivity index (χ2v) is 4.76. The molecule has 0 atom stereocenters. The van der Waals surface area contributed by atoms with Crippen LogP contribution in [0.4, 0.5) is 4.39 Å². The van der Waals surface area contributed by atoms with Crippen molar-refractivity contribution in [1.29, 1.82) is 0 Å². The first-order valence-electron chi connectivity index (χ1n) is 6.54. The van der Waals surface area contributed by atoms with E-state index in [9.17, 15) is 4.39 Å². The van der Waals surface area contributed by atoms with E-state index in [1.165, 1.54) is 6.07 Å². The largest absolute Gasteiger partial charge is 0.313 e. The molecule has 2 aromatic rings. The Hall–Kier alpha value is -1.68. The standard InChI is InChI=1S/C15H20FN3/c1-5-17-9-12-6-7-14(16)13(8-12)15-10(2)18-19(4)11(15)3/h6-8,17H,5,9H2,1-4H3. The summed E-state index contributed by atoms with van der Waals surface area (Å²) in [7, 11) is 1.88. The van der Waals surface area contributed by atoms with E-state index in [0.29, 0.717) is 5.56 Å². The third-order valence-electron chi connectivity index (χ3n) is 3.39. The molecule has 0 saturated carbocycles. The lowest BCUT2D eigenvalue weighted by atomic mass is 10.0. The quantitative estimate of drug-likeness (QED) is 0.917. The highest BCUT2D eigenvalue weighted by atomic mass is 19.1. The Balaban J connectivity index is 2.48. The third kappa shape index (κ3) is 2.68. The average molecular weight is 261 g/mol. The van der Waals surface area contributed by atoms with Crippen molar-refractivity contribution in [2.75, 3.05) is 6.54 Å². The van der Waals surface area contributed by atoms with Gasteiger partial charge in [0.25, 0.3) is 0 Å². The predicted octanol–water partition coefficient (Wildman–Crippen LogP) is 2.95. The number of benzene rings is 1. The van der Waals surface area contributed by atoms with Crippen molar-refractivity contribution in [2.24, 2.45) is 7.05 Å². The van der Waals surface area contributed by atoms with Crippen molar-refractivity contribution in [2.45, 2.75) is 27.3 Å². The number of hydrogen-bond donors (Lipinski definition) is 1. The van der Waals surface area contributed by atoms with Gasteiger partial charge in [-0.15, -0.1) is 0 Å². The van der Waals surface area contributed by atoms with E-state index in [2.05, 4.69) is 17.3 Å². The van der Waals surface area contributed by atoms with Gasteiger partial charge in [-0.1, -0.05) is 13.0 Å². The zero-order valence-corrected chi connectivity index (χ0v) is 11.9. The molecule has 19 heavy (non-hydrogen) atoms. The Labute approximate surface area is 113 Å². The van der Waals surface area contributed by atoms with E-state index in [1.807, 2.05) is 33.0 Å². The summed E-state index contributed by atoms with van der Waals surface area (Å²) < 4.78 is 15.9. The van der Waals surface area contributed by atoms with Gasteiger partial charge in [0.15, 0.2) is 0 Å². The number of nitrogens with one attached hydrogen (secondary N) is 1. The number of hydrogen-bond acceptors (Lipinski definition) is 2. The van der Waals surface area contributed by atoms with Gasteiger partial charge in [-0.2, -0.15) is 5.10 Å². The highest BCUT2D eigenvalue weighted by Gasteiger charge is 2.15. The lowest BCUT2D eigenvalue weighted by Crippen LogP contribution is -2.11. The van der Waals surface area contributed by atoms with Crippen LogP contribution in [-0.2, 0) is 13.6 Å². The summed E-state index contributed by atoms with van der Waals surface area (Å²) in [6, 6.07) is 5.27. The molecule has 1 aromatic heterocycles. The Morgan fingerprint density at radius 2 is 2.05 bits per heavy atom. The molecule has 102 valence electrons. The van der Waals surface area contributed by atoms with Crippen molar-refractivity contribution in [1.82, 2.24) is 15.1 Å². The Morgan fingerprint density at radius 3 is 2.63 bits per heavy atom. The molecule has 0 amide bonds. The van der Waals surface area contributed by atoms with Crippen LogP contribution in [0.5, 0.6) is 0 Å². The molecule has 0 bridgehead atoms. The number of aryl methyl sites for hydroxylation is 2. The average Bonchev–Trinajstić information content (AvgIpc) is 2.63. The van der Waals surface area contributed by atoms with Gasteiger partial charge in [-0.25, -0.2) is 4.39 Å². The van der Waals surface area contributed by atoms with Crippen LogP contribution in [0.1, 0.15) is 23.9 Å². The molecule has 0 aliphatic carbocycles. The Bertz CT molecular complexity index is 587. The minimum Gasteiger partial charge on any atom is -0.313 e. The fraction of sp³-hybridized carbons (Fsp3) is 0.400. The molecule has 0 radical (unpaired) electrons. The molecule has 0 aliphatic heterocycles. The summed E-state index contributed by atoms with van der Waals surface area (Å²) in [6.45, 7) is 7.59. The van der Waals surface area contributed by atoms with Crippen LogP contribution in [0.3, 0.4) is 0 Å². The first-order chi connectivity index (χ1) is 9.04. The van der Waals surface area contributed by atoms with E-state index in [-0.39, 0.29) is 5.82 Å². The van der Waals surface area contributed by atoms with Crippen molar-refractivity contribution < 1.29 is 4.39 Å². The molecule has 1 aromatic carbocycles. The van der Waals surface area contributed by atoms with Gasteiger partial charge in [0.2, 0.25) is 0 Å². The van der Waals surface area contributed by atoms with E-state index < -0.39 is 0 Å². The normalized spacial score (nSPS) is 11.0. The number of nitrogens with zero attached hydrogens (tertiary/aromatic N) is 2. The number of halogens is 1. The molecular weight excluding hydrogens is 241 g/mol. The molecule has 0 saturated heterocycles. The van der Waals surface area contributed by atoms with Crippen molar-refractivity contribution >= 4 is 0 Å². The first-order valence-corrected chi connectivity index (χ1v) is 6.54. The van der Waals surface area contributed by atoms with Gasteiger partial charge in [-0.05, 0) is 38.1 Å². The summed E-state index contributed by atoms with van der Waals surface area (Å²) >= 11 is 0. The topological polar surface area (TPSA) is 29.9 Å². The summed E-state index contributed by atoms with van der Waals surface area (Å²) in [5.41, 5.74) is 4.47. The maximum atomic E-state index is 14.1. The molecule has 4 heteroatoms. The van der Waals surface area contributed by atoms with Gasteiger partial charge in [0, 0.05) is 30.4 Å². The SMILES string of the molecule is CCNCc1ccc(F)c(-c2c(C)nn(C)c2C)c1. The fourth-order valence-electron chi connectivity index (χ4n) is 2.31. The second-order valence-electron chi connectivity index (χ2n) is 4.76. The molecule has 0 unspecified atom stereocenters. The van der Waals surface area contributed by atoms with Crippen molar-refractivity contribution in [3.05, 3.63) is 41.0 Å². The monoisotopic (exact) mass is 261 g/mol. The summed E-state index contributed by atoms with van der Waals surface area (Å²) in [5.74, 6) is -0.195. The van der Waals surface area contributed by atoms with Gasteiger partial charge < -0.3 is 5.32 Å². The number of rotatable bonds is 4. The molecule has 1 heterocycles. The smallest absolute Gasteiger partial charge is 0.131 e. The summed E-state index contributed by atoms with van der Waals surface area (Å²) in [5, 5.41) is 7.61. The Kier molecular flexibility index (Phi) is 4.00. The maximum Gasteiger partial charge on any atom is 0.131 e. The van der Waals surface area contributed by atoms with Crippen molar-refractivity contribution in [3.8, 4) is 11.1 Å². The summed E-state index contributed by atoms with van der Waals surface area (Å²) in [4.78, 5) is 0. The minimum atomic E-state index is -0.195. The van der Waals surface area contributed by atoms with E-state index in [4.69, 9.17) is 0 Å². The van der Waals surface area contributed by atoms with Gasteiger partial charge in [0.05, 0.1) is 5.69 Å². The Morgan fingerprint density at radius 1 is 1.32 bits per heavy atom. The van der Waals surface area contributed by atoms with E-state index >= 15 is 0 Å². The summed E-state index contributed by atoms with van der Waals surface area (Å²) in [6.07, 6.45) is 0. The predicted molar refractivity (Wildman–Crippen MR) is 75.5 cm³/mol. The van der Waals surface area contributed by atoms with Gasteiger partial charge in [-0.3, -0.25) is 4.68 Å². The van der Waals surface area contributed by atoms with Crippen molar-refractivity contribution in [3.63, 3.8) is 0 Å². The highest BCUT2D eigenvalue weighted by molar-refractivity contribution is 5.69. The lowest BCUT2D eigenvalue weighted by molar-refractivity contribution is 0.629. The fourth-order valence-corrected chi connectivity index (χ4v) is 2.31. The second kappa shape index (κ2) is 5.53. The molecular formula is C15H20FN3. The highest BCUT2D eigenvalue weighted by Crippen LogP contribution is 2.29. The van der Waals surface area contributed by atoms with E-state index in [1.54, 1.807) is 4.68 Å². The minimum absolute atomic E-state index is 0.195. The van der Waals surface area contributed by atoms with Gasteiger partial charge >= 0.3 is 0 Å². The van der Waals surface area contributed by atoms with Crippen LogP contribution in [0.15, 0.2) is 18.2 Å². The first kappa shape index (κ1) is 13.7. The van der Waals surface area contributed by atoms with Crippen LogP contribution in [0, 0.1) is 19.7 Å². The van der Waals surface area contributed by atoms with Crippen LogP contribution in [0.25, 0.3) is 11.1 Å². The molecule has 1 N–H and O–H groups in total. The molecule has 3 nitrogen and oxygen atoms in total.